The van der Waals surface area contributed by atoms with Crippen molar-refractivity contribution in [1.82, 2.24) is 0 Å². The lowest BCUT2D eigenvalue weighted by molar-refractivity contribution is 0.537. The lowest BCUT2D eigenvalue weighted by Crippen LogP contribution is -2.21. The molecule has 0 unspecified atom stereocenters. The minimum Gasteiger partial charge on any atom is -0.356 e. The molecule has 0 aromatic heterocycles. The van der Waals surface area contributed by atoms with Gasteiger partial charge in [0.2, 0.25) is 0 Å². The van der Waals surface area contributed by atoms with Crippen LogP contribution in [0.4, 0.5) is 5.69 Å². The second-order valence-corrected chi connectivity index (χ2v) is 11.6. The molecule has 0 bridgehead atoms. The van der Waals surface area contributed by atoms with Crippen molar-refractivity contribution in [3.05, 3.63) is 112 Å². The van der Waals surface area contributed by atoms with E-state index in [-0.39, 0.29) is 10.8 Å². The fourth-order valence-corrected chi connectivity index (χ4v) is 8.22. The second-order valence-electron chi connectivity index (χ2n) is 11.6. The van der Waals surface area contributed by atoms with E-state index in [0.717, 1.165) is 12.8 Å². The van der Waals surface area contributed by atoms with E-state index in [1.807, 2.05) is 0 Å². The van der Waals surface area contributed by atoms with E-state index in [2.05, 4.69) is 91.1 Å². The van der Waals surface area contributed by atoms with Crippen molar-refractivity contribution < 1.29 is 0 Å². The van der Waals surface area contributed by atoms with Gasteiger partial charge in [-0.15, -0.1) is 0 Å². The monoisotopic (exact) mass is 471 g/mol. The van der Waals surface area contributed by atoms with Crippen LogP contribution in [0.15, 0.2) is 90.2 Å². The molecule has 2 fully saturated rings. The van der Waals surface area contributed by atoms with Gasteiger partial charge >= 0.3 is 0 Å². The summed E-state index contributed by atoms with van der Waals surface area (Å²) in [4.78, 5) is 0. The third-order valence-electron chi connectivity index (χ3n) is 9.75. The summed E-state index contributed by atoms with van der Waals surface area (Å²) in [5.41, 5.74) is 13.8. The van der Waals surface area contributed by atoms with Crippen molar-refractivity contribution in [3.63, 3.8) is 0 Å². The number of rotatable bonds is 4. The number of allylic oxidation sites excluding steroid dienone is 3. The Morgan fingerprint density at radius 2 is 1.42 bits per heavy atom. The highest BCUT2D eigenvalue weighted by molar-refractivity contribution is 5.83. The van der Waals surface area contributed by atoms with Gasteiger partial charge in [0.05, 0.1) is 0 Å². The Kier molecular flexibility index (Phi) is 5.24. The molecular formula is C35H37N. The zero-order valence-electron chi connectivity index (χ0n) is 21.6. The van der Waals surface area contributed by atoms with E-state index in [0.29, 0.717) is 0 Å². The van der Waals surface area contributed by atoms with E-state index < -0.39 is 0 Å². The molecule has 7 rings (SSSR count). The van der Waals surface area contributed by atoms with Crippen LogP contribution in [0, 0.1) is 0 Å². The highest BCUT2D eigenvalue weighted by atomic mass is 14.9. The number of anilines is 1. The van der Waals surface area contributed by atoms with Crippen LogP contribution in [0.25, 0.3) is 11.1 Å². The van der Waals surface area contributed by atoms with Gasteiger partial charge in [-0.25, -0.2) is 0 Å². The normalized spacial score (nSPS) is 21.8. The topological polar surface area (TPSA) is 12.0 Å². The summed E-state index contributed by atoms with van der Waals surface area (Å²) in [5.74, 6) is 0. The molecule has 1 heteroatoms. The van der Waals surface area contributed by atoms with Gasteiger partial charge in [0.1, 0.15) is 0 Å². The van der Waals surface area contributed by atoms with Gasteiger partial charge < -0.3 is 5.32 Å². The molecule has 1 nitrogen and oxygen atoms in total. The predicted octanol–water partition coefficient (Wildman–Crippen LogP) is 9.23. The number of benzene rings is 3. The number of fused-ring (bicyclic) bond motifs is 7. The van der Waals surface area contributed by atoms with Crippen molar-refractivity contribution >= 4 is 5.69 Å². The highest BCUT2D eigenvalue weighted by Crippen LogP contribution is 2.57. The molecule has 1 N–H and O–H groups in total. The molecular weight excluding hydrogens is 434 g/mol. The van der Waals surface area contributed by atoms with Crippen molar-refractivity contribution in [3.8, 4) is 11.1 Å². The first kappa shape index (κ1) is 22.2. The molecule has 2 spiro atoms. The molecule has 0 atom stereocenters. The average molecular weight is 472 g/mol. The van der Waals surface area contributed by atoms with Gasteiger partial charge in [-0.1, -0.05) is 98.9 Å². The summed E-state index contributed by atoms with van der Waals surface area (Å²) < 4.78 is 0. The van der Waals surface area contributed by atoms with Crippen molar-refractivity contribution in [2.24, 2.45) is 0 Å². The first-order chi connectivity index (χ1) is 17.7. The summed E-state index contributed by atoms with van der Waals surface area (Å²) in [6.45, 7) is 2.25. The van der Waals surface area contributed by atoms with Crippen LogP contribution in [0.3, 0.4) is 0 Å². The van der Waals surface area contributed by atoms with E-state index in [9.17, 15) is 0 Å². The molecule has 36 heavy (non-hydrogen) atoms. The maximum atomic E-state index is 3.89. The quantitative estimate of drug-likeness (QED) is 0.400. The van der Waals surface area contributed by atoms with E-state index in [1.165, 1.54) is 73.9 Å². The summed E-state index contributed by atoms with van der Waals surface area (Å²) in [6, 6.07) is 25.5. The van der Waals surface area contributed by atoms with Crippen molar-refractivity contribution in [2.45, 2.75) is 82.0 Å². The SMILES string of the molecule is CC/C=C(\C=C1/Cc2ccccc2C12CCCC2)Nc1ccc2c(c1)C1(CCCC1)c1ccccc1-2. The lowest BCUT2D eigenvalue weighted by Gasteiger charge is -2.28. The van der Waals surface area contributed by atoms with E-state index in [1.54, 1.807) is 27.8 Å². The van der Waals surface area contributed by atoms with Crippen LogP contribution in [0.1, 0.15) is 87.0 Å². The van der Waals surface area contributed by atoms with Crippen LogP contribution < -0.4 is 5.32 Å². The first-order valence-electron chi connectivity index (χ1n) is 14.2. The Balaban J connectivity index is 1.25. The Hall–Kier alpha value is -3.06. The summed E-state index contributed by atoms with van der Waals surface area (Å²) in [5, 5.41) is 3.89. The first-order valence-corrected chi connectivity index (χ1v) is 14.2. The molecule has 0 aliphatic heterocycles. The summed E-state index contributed by atoms with van der Waals surface area (Å²) >= 11 is 0. The third kappa shape index (κ3) is 3.21. The van der Waals surface area contributed by atoms with E-state index in [4.69, 9.17) is 0 Å². The average Bonchev–Trinajstić information content (AvgIpc) is 3.69. The molecule has 3 aromatic rings. The Bertz CT molecular complexity index is 1380. The van der Waals surface area contributed by atoms with Gasteiger partial charge in [-0.05, 0) is 90.1 Å². The van der Waals surface area contributed by atoms with Gasteiger partial charge in [-0.3, -0.25) is 0 Å². The minimum atomic E-state index is 0.220. The van der Waals surface area contributed by atoms with E-state index >= 15 is 0 Å². The van der Waals surface area contributed by atoms with Crippen LogP contribution in [0.5, 0.6) is 0 Å². The predicted molar refractivity (Wildman–Crippen MR) is 151 cm³/mol. The van der Waals surface area contributed by atoms with Gasteiger partial charge in [0.15, 0.2) is 0 Å². The molecule has 3 aromatic carbocycles. The smallest absolute Gasteiger partial charge is 0.0387 e. The second kappa shape index (κ2) is 8.51. The third-order valence-corrected chi connectivity index (χ3v) is 9.75. The van der Waals surface area contributed by atoms with Crippen molar-refractivity contribution in [2.75, 3.05) is 5.32 Å². The van der Waals surface area contributed by atoms with Gasteiger partial charge in [-0.2, -0.15) is 0 Å². The largest absolute Gasteiger partial charge is 0.356 e. The summed E-state index contributed by atoms with van der Waals surface area (Å²) in [6.07, 6.45) is 17.6. The summed E-state index contributed by atoms with van der Waals surface area (Å²) in [7, 11) is 0. The van der Waals surface area contributed by atoms with Crippen LogP contribution in [0.2, 0.25) is 0 Å². The van der Waals surface area contributed by atoms with Crippen LogP contribution in [-0.4, -0.2) is 0 Å². The van der Waals surface area contributed by atoms with Crippen LogP contribution >= 0.6 is 0 Å². The maximum Gasteiger partial charge on any atom is 0.0387 e. The Labute approximate surface area is 216 Å². The highest BCUT2D eigenvalue weighted by Gasteiger charge is 2.45. The number of nitrogens with one attached hydrogen (secondary N) is 1. The zero-order valence-corrected chi connectivity index (χ0v) is 21.6. The molecule has 0 amide bonds. The molecule has 2 saturated carbocycles. The standard InChI is InChI=1S/C35H37N/c1-2-11-27(23-26-22-25-12-3-5-14-31(25)34(26)18-7-8-19-34)36-28-16-17-30-29-13-4-6-15-32(29)35(33(30)24-28)20-9-10-21-35/h3-6,11-17,23-24,36H,2,7-10,18-22H2,1H3/b26-23+,27-11+. The van der Waals surface area contributed by atoms with Gasteiger partial charge in [0.25, 0.3) is 0 Å². The minimum absolute atomic E-state index is 0.220. The fourth-order valence-electron chi connectivity index (χ4n) is 8.22. The molecule has 0 heterocycles. The molecule has 0 saturated heterocycles. The molecule has 0 radical (unpaired) electrons. The molecule has 4 aliphatic rings. The number of hydrogen-bond acceptors (Lipinski definition) is 1. The zero-order chi connectivity index (χ0) is 24.2. The van der Waals surface area contributed by atoms with Gasteiger partial charge in [0, 0.05) is 22.2 Å². The lowest BCUT2D eigenvalue weighted by atomic mass is 9.76. The Morgan fingerprint density at radius 3 is 2.19 bits per heavy atom. The number of hydrogen-bond donors (Lipinski definition) is 1. The fraction of sp³-hybridized carbons (Fsp3) is 0.371. The maximum absolute atomic E-state index is 3.89. The molecule has 4 aliphatic carbocycles. The van der Waals surface area contributed by atoms with Crippen LogP contribution in [-0.2, 0) is 17.3 Å². The Morgan fingerprint density at radius 1 is 0.750 bits per heavy atom. The molecule has 182 valence electrons. The van der Waals surface area contributed by atoms with Crippen molar-refractivity contribution in [1.29, 1.82) is 0 Å².